The van der Waals surface area contributed by atoms with E-state index in [0.29, 0.717) is 11.0 Å². The molecule has 0 unspecified atom stereocenters. The molecule has 0 radical (unpaired) electrons. The predicted molar refractivity (Wildman–Crippen MR) is 108 cm³/mol. The van der Waals surface area contributed by atoms with E-state index in [1.54, 1.807) is 28.8 Å². The minimum Gasteiger partial charge on any atom is -0.502 e. The number of nitro groups is 1. The van der Waals surface area contributed by atoms with Crippen molar-refractivity contribution in [3.63, 3.8) is 0 Å². The van der Waals surface area contributed by atoms with E-state index in [0.717, 1.165) is 12.3 Å². The second kappa shape index (κ2) is 7.90. The number of amides is 1. The van der Waals surface area contributed by atoms with Gasteiger partial charge in [0.05, 0.1) is 22.2 Å². The summed E-state index contributed by atoms with van der Waals surface area (Å²) in [6, 6.07) is 11.1. The molecule has 31 heavy (non-hydrogen) atoms. The van der Waals surface area contributed by atoms with Gasteiger partial charge in [0.15, 0.2) is 17.3 Å². The van der Waals surface area contributed by atoms with Crippen LogP contribution in [0, 0.1) is 10.1 Å². The molecule has 2 heterocycles. The average Bonchev–Trinajstić information content (AvgIpc) is 3.32. The van der Waals surface area contributed by atoms with Gasteiger partial charge >= 0.3 is 5.69 Å². The summed E-state index contributed by atoms with van der Waals surface area (Å²) in [5, 5.41) is 31.9. The molecule has 156 valence electrons. The van der Waals surface area contributed by atoms with Gasteiger partial charge in [0.2, 0.25) is 5.75 Å². The Morgan fingerprint density at radius 2 is 2.10 bits per heavy atom. The van der Waals surface area contributed by atoms with Gasteiger partial charge in [0.1, 0.15) is 6.54 Å². The molecule has 0 aliphatic heterocycles. The summed E-state index contributed by atoms with van der Waals surface area (Å²) in [6.45, 7) is -0.194. The van der Waals surface area contributed by atoms with E-state index in [1.165, 1.54) is 12.1 Å². The maximum Gasteiger partial charge on any atom is 0.311 e. The third-order valence-electron chi connectivity index (χ3n) is 4.32. The highest BCUT2D eigenvalue weighted by molar-refractivity contribution is 5.88. The first-order valence-electron chi connectivity index (χ1n) is 8.77. The molecular formula is C18H14N8O5. The third-order valence-corrected chi connectivity index (χ3v) is 4.32. The van der Waals surface area contributed by atoms with Gasteiger partial charge in [0.25, 0.3) is 5.91 Å². The molecule has 2 aromatic carbocycles. The molecule has 4 aromatic rings. The van der Waals surface area contributed by atoms with E-state index in [9.17, 15) is 20.0 Å². The SMILES string of the molecule is Nc1nonc1-c1nc2ccccc2n1CC(=O)N/N=C/c1cccc([N+](=O)[O-])c1O. The summed E-state index contributed by atoms with van der Waals surface area (Å²) in [6.07, 6.45) is 1.10. The van der Waals surface area contributed by atoms with Crippen LogP contribution in [0.2, 0.25) is 0 Å². The molecule has 0 fully saturated rings. The number of anilines is 1. The van der Waals surface area contributed by atoms with Crippen molar-refractivity contribution in [3.05, 3.63) is 58.1 Å². The summed E-state index contributed by atoms with van der Waals surface area (Å²) in [5.41, 5.74) is 9.13. The number of fused-ring (bicyclic) bond motifs is 1. The summed E-state index contributed by atoms with van der Waals surface area (Å²) in [7, 11) is 0. The van der Waals surface area contributed by atoms with Gasteiger partial charge in [-0.25, -0.2) is 15.0 Å². The average molecular weight is 422 g/mol. The normalized spacial score (nSPS) is 11.2. The largest absolute Gasteiger partial charge is 0.502 e. The number of imidazole rings is 1. The van der Waals surface area contributed by atoms with Gasteiger partial charge in [-0.2, -0.15) is 5.10 Å². The predicted octanol–water partition coefficient (Wildman–Crippen LogP) is 1.43. The number of rotatable bonds is 6. The van der Waals surface area contributed by atoms with Crippen LogP contribution in [0.3, 0.4) is 0 Å². The molecule has 4 rings (SSSR count). The fourth-order valence-corrected chi connectivity index (χ4v) is 2.92. The molecule has 0 saturated heterocycles. The van der Waals surface area contributed by atoms with E-state index in [-0.39, 0.29) is 29.4 Å². The number of phenols is 1. The van der Waals surface area contributed by atoms with E-state index in [4.69, 9.17) is 5.73 Å². The van der Waals surface area contributed by atoms with E-state index < -0.39 is 22.3 Å². The molecule has 13 heteroatoms. The highest BCUT2D eigenvalue weighted by Crippen LogP contribution is 2.28. The fourth-order valence-electron chi connectivity index (χ4n) is 2.92. The van der Waals surface area contributed by atoms with Crippen LogP contribution in [0.4, 0.5) is 11.5 Å². The van der Waals surface area contributed by atoms with Crippen LogP contribution >= 0.6 is 0 Å². The molecule has 0 aliphatic rings. The number of carbonyl (C=O) groups is 1. The van der Waals surface area contributed by atoms with Crippen LogP contribution in [-0.4, -0.2) is 42.0 Å². The summed E-state index contributed by atoms with van der Waals surface area (Å²) >= 11 is 0. The van der Waals surface area contributed by atoms with Gasteiger partial charge in [0, 0.05) is 11.6 Å². The molecule has 4 N–H and O–H groups in total. The number of nitro benzene ring substituents is 1. The van der Waals surface area contributed by atoms with Crippen molar-refractivity contribution in [2.75, 3.05) is 5.73 Å². The molecule has 0 atom stereocenters. The lowest BCUT2D eigenvalue weighted by Gasteiger charge is -2.06. The van der Waals surface area contributed by atoms with E-state index in [1.807, 2.05) is 0 Å². The number of nitrogen functional groups attached to an aromatic ring is 1. The number of benzene rings is 2. The molecule has 13 nitrogen and oxygen atoms in total. The number of nitrogens with zero attached hydrogens (tertiary/aromatic N) is 6. The van der Waals surface area contributed by atoms with E-state index >= 15 is 0 Å². The Balaban J connectivity index is 1.57. The zero-order valence-electron chi connectivity index (χ0n) is 15.7. The Morgan fingerprint density at radius 1 is 1.29 bits per heavy atom. The molecule has 2 aromatic heterocycles. The van der Waals surface area contributed by atoms with Crippen molar-refractivity contribution in [3.8, 4) is 17.3 Å². The smallest absolute Gasteiger partial charge is 0.311 e. The third kappa shape index (κ3) is 3.74. The Bertz CT molecular complexity index is 1330. The van der Waals surface area contributed by atoms with Gasteiger partial charge in [-0.3, -0.25) is 14.9 Å². The summed E-state index contributed by atoms with van der Waals surface area (Å²) in [4.78, 5) is 27.1. The molecule has 1 amide bonds. The number of carbonyl (C=O) groups excluding carboxylic acids is 1. The highest BCUT2D eigenvalue weighted by atomic mass is 16.6. The number of hydrazone groups is 1. The molecule has 0 spiro atoms. The van der Waals surface area contributed by atoms with Crippen molar-refractivity contribution in [2.45, 2.75) is 6.54 Å². The first-order chi connectivity index (χ1) is 15.0. The van der Waals surface area contributed by atoms with Gasteiger partial charge < -0.3 is 15.4 Å². The molecular weight excluding hydrogens is 408 g/mol. The van der Waals surface area contributed by atoms with Crippen LogP contribution in [0.25, 0.3) is 22.6 Å². The topological polar surface area (TPSA) is 188 Å². The fraction of sp³-hybridized carbons (Fsp3) is 0.0556. The quantitative estimate of drug-likeness (QED) is 0.234. The zero-order chi connectivity index (χ0) is 22.0. The number of hydrogen-bond acceptors (Lipinski definition) is 10. The van der Waals surface area contributed by atoms with Crippen LogP contribution in [0.1, 0.15) is 5.56 Å². The first kappa shape index (κ1) is 19.5. The summed E-state index contributed by atoms with van der Waals surface area (Å²) in [5.74, 6) is -0.769. The Hall–Kier alpha value is -4.81. The highest BCUT2D eigenvalue weighted by Gasteiger charge is 2.20. The second-order valence-corrected chi connectivity index (χ2v) is 6.27. The van der Waals surface area contributed by atoms with Crippen molar-refractivity contribution in [1.29, 1.82) is 0 Å². The molecule has 0 saturated carbocycles. The van der Waals surface area contributed by atoms with Crippen molar-refractivity contribution in [1.82, 2.24) is 25.3 Å². The number of nitrogens with two attached hydrogens (primary N) is 1. The first-order valence-corrected chi connectivity index (χ1v) is 8.77. The number of aromatic nitrogens is 4. The summed E-state index contributed by atoms with van der Waals surface area (Å²) < 4.78 is 6.20. The lowest BCUT2D eigenvalue weighted by atomic mass is 10.2. The number of hydrogen-bond donors (Lipinski definition) is 3. The maximum atomic E-state index is 12.5. The van der Waals surface area contributed by atoms with Crippen molar-refractivity contribution < 1.29 is 19.5 Å². The van der Waals surface area contributed by atoms with Crippen LogP contribution < -0.4 is 11.2 Å². The molecule has 0 bridgehead atoms. The van der Waals surface area contributed by atoms with E-state index in [2.05, 4.69) is 30.5 Å². The minimum atomic E-state index is -0.721. The number of para-hydroxylation sites is 3. The van der Waals surface area contributed by atoms with Gasteiger partial charge in [-0.05, 0) is 28.5 Å². The molecule has 0 aliphatic carbocycles. The van der Waals surface area contributed by atoms with Crippen molar-refractivity contribution in [2.24, 2.45) is 5.10 Å². The van der Waals surface area contributed by atoms with Gasteiger partial charge in [-0.15, -0.1) is 0 Å². The van der Waals surface area contributed by atoms with Crippen LogP contribution in [0.5, 0.6) is 5.75 Å². The zero-order valence-corrected chi connectivity index (χ0v) is 15.7. The Labute approximate surface area is 172 Å². The standard InChI is InChI=1S/C18H14N8O5/c19-17-15(23-31-24-17)18-21-11-5-1-2-6-12(11)25(18)9-14(27)22-20-8-10-4-3-7-13(16(10)28)26(29)30/h1-8,28H,9H2,(H2,19,24)(H,22,27)/b20-8+. The minimum absolute atomic E-state index is 0.0242. The van der Waals surface area contributed by atoms with Crippen LogP contribution in [0.15, 0.2) is 52.2 Å². The number of aromatic hydroxyl groups is 1. The number of phenolic OH excluding ortho intramolecular Hbond substituents is 1. The van der Waals surface area contributed by atoms with Gasteiger partial charge in [-0.1, -0.05) is 18.2 Å². The second-order valence-electron chi connectivity index (χ2n) is 6.27. The van der Waals surface area contributed by atoms with Crippen molar-refractivity contribution >= 4 is 34.7 Å². The Kier molecular flexibility index (Phi) is 4.97. The Morgan fingerprint density at radius 3 is 2.84 bits per heavy atom. The number of nitrogens with one attached hydrogen (secondary N) is 1. The lowest BCUT2D eigenvalue weighted by molar-refractivity contribution is -0.385. The maximum absolute atomic E-state index is 12.5. The monoisotopic (exact) mass is 422 g/mol. The lowest BCUT2D eigenvalue weighted by Crippen LogP contribution is -2.23. The van der Waals surface area contributed by atoms with Crippen LogP contribution in [-0.2, 0) is 11.3 Å².